The molecule has 1 aliphatic heterocycles. The van der Waals surface area contributed by atoms with Gasteiger partial charge in [0.1, 0.15) is 0 Å². The first kappa shape index (κ1) is 18.5. The minimum absolute atomic E-state index is 0.0823. The van der Waals surface area contributed by atoms with Gasteiger partial charge in [0, 0.05) is 18.0 Å². The van der Waals surface area contributed by atoms with Crippen LogP contribution in [0, 0.1) is 5.41 Å². The van der Waals surface area contributed by atoms with Gasteiger partial charge in [-0.3, -0.25) is 0 Å². The summed E-state index contributed by atoms with van der Waals surface area (Å²) in [5, 5.41) is 2.67. The van der Waals surface area contributed by atoms with E-state index in [0.717, 1.165) is 38.1 Å². The second kappa shape index (κ2) is 6.59. The summed E-state index contributed by atoms with van der Waals surface area (Å²) in [6.07, 6.45) is 0.0217. The van der Waals surface area contributed by atoms with E-state index in [2.05, 4.69) is 5.32 Å². The van der Waals surface area contributed by atoms with Crippen LogP contribution in [0.2, 0.25) is 0 Å². The van der Waals surface area contributed by atoms with Crippen molar-refractivity contribution in [1.82, 2.24) is 5.32 Å². The molecule has 0 aromatic heterocycles. The van der Waals surface area contributed by atoms with Gasteiger partial charge in [0.05, 0.1) is 10.8 Å². The van der Waals surface area contributed by atoms with Crippen LogP contribution in [-0.4, -0.2) is 32.9 Å². The minimum Gasteiger partial charge on any atom is -0.316 e. The van der Waals surface area contributed by atoms with Crippen LogP contribution < -0.4 is 5.32 Å². The Kier molecular flexibility index (Phi) is 5.31. The maximum absolute atomic E-state index is 12.9. The van der Waals surface area contributed by atoms with E-state index in [0.29, 0.717) is 12.8 Å². The summed E-state index contributed by atoms with van der Waals surface area (Å²) in [6, 6.07) is 0. The molecule has 0 atom stereocenters. The highest BCUT2D eigenvalue weighted by atomic mass is 32.2. The molecule has 2 aliphatic rings. The number of rotatable bonds is 4. The van der Waals surface area contributed by atoms with Crippen molar-refractivity contribution in [1.29, 1.82) is 0 Å². The Morgan fingerprint density at radius 3 is 2.17 bits per heavy atom. The molecule has 1 N–H and O–H groups in total. The van der Waals surface area contributed by atoms with Crippen molar-refractivity contribution in [2.75, 3.05) is 13.1 Å². The van der Waals surface area contributed by atoms with Gasteiger partial charge in [0.2, 0.25) is 0 Å². The zero-order chi connectivity index (χ0) is 17.3. The molecule has 132 valence electrons. The predicted octanol–water partition coefficient (Wildman–Crippen LogP) is 3.74. The van der Waals surface area contributed by atoms with Crippen molar-refractivity contribution < 1.29 is 21.6 Å². The molecule has 0 radical (unpaired) electrons. The van der Waals surface area contributed by atoms with Gasteiger partial charge in [-0.25, -0.2) is 8.42 Å². The average Bonchev–Trinajstić information content (AvgIpc) is 2.45. The second-order valence-corrected chi connectivity index (χ2v) is 8.83. The number of nitrogens with one attached hydrogen (secondary N) is 1. The van der Waals surface area contributed by atoms with E-state index >= 15 is 0 Å². The Balaban J connectivity index is 2.19. The standard InChI is InChI=1S/C16H24F3NO2S/c1-3-12(16(17,18)19)9-13(4-2)23(21,22)14-5-7-15(8-6-14)10-20-11-15/h3,9,14,20H,4-8,10-11H2,1-2H3/b12-3+,13-9+. The molecule has 2 rings (SSSR count). The van der Waals surface area contributed by atoms with Crippen molar-refractivity contribution >= 4 is 9.84 Å². The quantitative estimate of drug-likeness (QED) is 0.785. The molecule has 0 aromatic rings. The molecule has 1 saturated carbocycles. The molecule has 1 spiro atoms. The Labute approximate surface area is 135 Å². The lowest BCUT2D eigenvalue weighted by molar-refractivity contribution is -0.0883. The molecule has 3 nitrogen and oxygen atoms in total. The van der Waals surface area contributed by atoms with Gasteiger partial charge < -0.3 is 5.32 Å². The minimum atomic E-state index is -4.53. The molecule has 1 saturated heterocycles. The second-order valence-electron chi connectivity index (χ2n) is 6.55. The summed E-state index contributed by atoms with van der Waals surface area (Å²) < 4.78 is 64.1. The summed E-state index contributed by atoms with van der Waals surface area (Å²) in [4.78, 5) is -0.101. The van der Waals surface area contributed by atoms with Gasteiger partial charge in [-0.15, -0.1) is 0 Å². The summed E-state index contributed by atoms with van der Waals surface area (Å²) in [5.41, 5.74) is -0.670. The third kappa shape index (κ3) is 3.82. The van der Waals surface area contributed by atoms with Crippen molar-refractivity contribution in [3.8, 4) is 0 Å². The van der Waals surface area contributed by atoms with Crippen LogP contribution in [0.1, 0.15) is 46.0 Å². The van der Waals surface area contributed by atoms with Gasteiger partial charge in [0.15, 0.2) is 9.84 Å². The Bertz CT molecular complexity index is 591. The van der Waals surface area contributed by atoms with Crippen LogP contribution in [0.4, 0.5) is 13.2 Å². The SMILES string of the molecule is C/C=C(\C=C(/CC)S(=O)(=O)C1CCC2(CC1)CNC2)C(F)(F)F. The number of sulfone groups is 1. The number of halogens is 3. The normalized spacial score (nSPS) is 23.9. The molecule has 7 heteroatoms. The van der Waals surface area contributed by atoms with Crippen molar-refractivity contribution in [2.45, 2.75) is 57.4 Å². The maximum atomic E-state index is 12.9. The molecule has 0 amide bonds. The van der Waals surface area contributed by atoms with Crippen molar-refractivity contribution in [2.24, 2.45) is 5.41 Å². The van der Waals surface area contributed by atoms with Crippen molar-refractivity contribution in [3.05, 3.63) is 22.6 Å². The molecule has 0 bridgehead atoms. The fourth-order valence-electron chi connectivity index (χ4n) is 3.45. The molecule has 0 aromatic carbocycles. The predicted molar refractivity (Wildman–Crippen MR) is 84.7 cm³/mol. The first-order chi connectivity index (χ1) is 10.6. The van der Waals surface area contributed by atoms with E-state index < -0.39 is 26.8 Å². The Hall–Kier alpha value is -0.820. The fraction of sp³-hybridized carbons (Fsp3) is 0.750. The van der Waals surface area contributed by atoms with E-state index in [1.54, 1.807) is 6.92 Å². The molecule has 2 fully saturated rings. The molecule has 0 unspecified atom stereocenters. The van der Waals surface area contributed by atoms with Crippen LogP contribution in [0.3, 0.4) is 0 Å². The monoisotopic (exact) mass is 351 g/mol. The fourth-order valence-corrected chi connectivity index (χ4v) is 5.43. The summed E-state index contributed by atoms with van der Waals surface area (Å²) >= 11 is 0. The Morgan fingerprint density at radius 1 is 1.26 bits per heavy atom. The molecular formula is C16H24F3NO2S. The molecular weight excluding hydrogens is 327 g/mol. The van der Waals surface area contributed by atoms with Gasteiger partial charge in [-0.2, -0.15) is 13.2 Å². The largest absolute Gasteiger partial charge is 0.416 e. The zero-order valence-electron chi connectivity index (χ0n) is 13.5. The lowest BCUT2D eigenvalue weighted by Crippen LogP contribution is -2.55. The molecule has 23 heavy (non-hydrogen) atoms. The third-order valence-corrected chi connectivity index (χ3v) is 7.59. The van der Waals surface area contributed by atoms with E-state index in [9.17, 15) is 21.6 Å². The van der Waals surface area contributed by atoms with Crippen molar-refractivity contribution in [3.63, 3.8) is 0 Å². The Morgan fingerprint density at radius 2 is 1.83 bits per heavy atom. The highest BCUT2D eigenvalue weighted by Crippen LogP contribution is 2.42. The highest BCUT2D eigenvalue weighted by Gasteiger charge is 2.44. The molecule has 1 aliphatic carbocycles. The number of allylic oxidation sites excluding steroid dienone is 4. The van der Waals surface area contributed by atoms with Crippen LogP contribution in [0.5, 0.6) is 0 Å². The topological polar surface area (TPSA) is 46.2 Å². The lowest BCUT2D eigenvalue weighted by Gasteiger charge is -2.47. The summed E-state index contributed by atoms with van der Waals surface area (Å²) in [6.45, 7) is 4.71. The van der Waals surface area contributed by atoms with E-state index in [1.165, 1.54) is 6.92 Å². The lowest BCUT2D eigenvalue weighted by atomic mass is 9.70. The zero-order valence-corrected chi connectivity index (χ0v) is 14.4. The first-order valence-electron chi connectivity index (χ1n) is 8.03. The summed E-state index contributed by atoms with van der Waals surface area (Å²) in [5.74, 6) is 0. The summed E-state index contributed by atoms with van der Waals surface area (Å²) in [7, 11) is -3.67. The van der Waals surface area contributed by atoms with E-state index in [-0.39, 0.29) is 16.7 Å². The van der Waals surface area contributed by atoms with Gasteiger partial charge in [-0.05, 0) is 50.5 Å². The molecule has 1 heterocycles. The number of hydrogen-bond acceptors (Lipinski definition) is 3. The maximum Gasteiger partial charge on any atom is 0.416 e. The van der Waals surface area contributed by atoms with Crippen LogP contribution in [-0.2, 0) is 9.84 Å². The van der Waals surface area contributed by atoms with Crippen LogP contribution in [0.15, 0.2) is 22.6 Å². The number of hydrogen-bond donors (Lipinski definition) is 1. The van der Waals surface area contributed by atoms with Gasteiger partial charge in [0.25, 0.3) is 0 Å². The highest BCUT2D eigenvalue weighted by molar-refractivity contribution is 7.95. The smallest absolute Gasteiger partial charge is 0.316 e. The van der Waals surface area contributed by atoms with Gasteiger partial charge >= 0.3 is 6.18 Å². The first-order valence-corrected chi connectivity index (χ1v) is 9.58. The average molecular weight is 351 g/mol. The van der Waals surface area contributed by atoms with Gasteiger partial charge in [-0.1, -0.05) is 13.0 Å². The van der Waals surface area contributed by atoms with E-state index in [4.69, 9.17) is 0 Å². The van der Waals surface area contributed by atoms with E-state index in [1.807, 2.05) is 0 Å². The van der Waals surface area contributed by atoms with Crippen LogP contribution in [0.25, 0.3) is 0 Å². The number of alkyl halides is 3. The third-order valence-electron chi connectivity index (χ3n) is 5.10. The van der Waals surface area contributed by atoms with Crippen LogP contribution >= 0.6 is 0 Å².